The van der Waals surface area contributed by atoms with Crippen LogP contribution < -0.4 is 0 Å². The van der Waals surface area contributed by atoms with E-state index in [4.69, 9.17) is 18.5 Å². The maximum absolute atomic E-state index is 12.5. The summed E-state index contributed by atoms with van der Waals surface area (Å²) < 4.78 is 34.7. The minimum absolute atomic E-state index is 0.0630. The topological polar surface area (TPSA) is 91.3 Å². The summed E-state index contributed by atoms with van der Waals surface area (Å²) in [6.45, 7) is 4.75. The number of phosphoric acid groups is 1. The van der Waals surface area contributed by atoms with Crippen LogP contribution in [0, 0.1) is 0 Å². The molecule has 9 heteroatoms. The van der Waals surface area contributed by atoms with Crippen molar-refractivity contribution >= 4 is 13.8 Å². The molecule has 0 aliphatic rings. The number of unbranched alkanes of at least 4 members (excludes halogenated alkanes) is 16. The summed E-state index contributed by atoms with van der Waals surface area (Å²) >= 11 is 0. The van der Waals surface area contributed by atoms with E-state index in [0.29, 0.717) is 17.4 Å². The van der Waals surface area contributed by atoms with E-state index in [9.17, 15) is 14.3 Å². The van der Waals surface area contributed by atoms with Crippen molar-refractivity contribution in [1.82, 2.24) is 0 Å². The second kappa shape index (κ2) is 37.0. The van der Waals surface area contributed by atoms with Crippen LogP contribution in [-0.4, -0.2) is 69.0 Å². The molecule has 0 aromatic heterocycles. The Labute approximate surface area is 326 Å². The molecule has 0 aliphatic carbocycles. The molecule has 8 nitrogen and oxygen atoms in total. The van der Waals surface area contributed by atoms with E-state index in [1.54, 1.807) is 6.26 Å². The molecule has 2 unspecified atom stereocenters. The zero-order chi connectivity index (χ0) is 39.1. The molecule has 0 fully saturated rings. The molecule has 0 amide bonds. The number of phosphoric ester groups is 1. The monoisotopic (exact) mass is 767 g/mol. The maximum Gasteiger partial charge on any atom is 0.472 e. The van der Waals surface area contributed by atoms with Crippen molar-refractivity contribution in [3.05, 3.63) is 60.9 Å². The molecular formula is C44H81NO7P+. The number of hydrogen-bond donors (Lipinski definition) is 1. The van der Waals surface area contributed by atoms with Crippen molar-refractivity contribution < 1.29 is 37.3 Å². The highest BCUT2D eigenvalue weighted by molar-refractivity contribution is 7.47. The average Bonchev–Trinajstić information content (AvgIpc) is 3.11. The first-order chi connectivity index (χ1) is 25.6. The number of quaternary nitrogens is 1. The first-order valence-electron chi connectivity index (χ1n) is 21.1. The van der Waals surface area contributed by atoms with Crippen LogP contribution in [0.5, 0.6) is 0 Å². The van der Waals surface area contributed by atoms with E-state index in [2.05, 4.69) is 62.5 Å². The lowest BCUT2D eigenvalue weighted by Crippen LogP contribution is -2.37. The molecule has 0 spiro atoms. The van der Waals surface area contributed by atoms with Crippen LogP contribution in [0.3, 0.4) is 0 Å². The number of likely N-dealkylation sites (N-methyl/N-ethyl adjacent to an activating group) is 1. The molecule has 0 heterocycles. The maximum atomic E-state index is 12.5. The molecule has 2 atom stereocenters. The Morgan fingerprint density at radius 1 is 0.623 bits per heavy atom. The molecule has 0 rings (SSSR count). The molecular weight excluding hydrogens is 685 g/mol. The smallest absolute Gasteiger partial charge is 0.472 e. The van der Waals surface area contributed by atoms with Crippen LogP contribution in [-0.2, 0) is 27.9 Å². The molecule has 0 saturated heterocycles. The van der Waals surface area contributed by atoms with E-state index in [1.807, 2.05) is 27.2 Å². The minimum atomic E-state index is -4.27. The normalized spacial score (nSPS) is 14.4. The number of rotatable bonds is 38. The van der Waals surface area contributed by atoms with Gasteiger partial charge in [0.1, 0.15) is 19.8 Å². The van der Waals surface area contributed by atoms with Gasteiger partial charge in [0, 0.05) is 6.42 Å². The van der Waals surface area contributed by atoms with Gasteiger partial charge >= 0.3 is 13.8 Å². The quantitative estimate of drug-likeness (QED) is 0.0167. The van der Waals surface area contributed by atoms with Crippen LogP contribution in [0.1, 0.15) is 162 Å². The van der Waals surface area contributed by atoms with E-state index < -0.39 is 13.9 Å². The number of hydrogen-bond acceptors (Lipinski definition) is 6. The third kappa shape index (κ3) is 41.1. The molecule has 0 aromatic rings. The molecule has 0 aliphatic heterocycles. The summed E-state index contributed by atoms with van der Waals surface area (Å²) in [6, 6.07) is 0. The van der Waals surface area contributed by atoms with E-state index in [-0.39, 0.29) is 25.8 Å². The van der Waals surface area contributed by atoms with Crippen molar-refractivity contribution in [1.29, 1.82) is 0 Å². The molecule has 0 aromatic carbocycles. The van der Waals surface area contributed by atoms with Crippen molar-refractivity contribution in [3.8, 4) is 0 Å². The van der Waals surface area contributed by atoms with Gasteiger partial charge in [-0.25, -0.2) is 4.57 Å². The molecule has 0 bridgehead atoms. The third-order valence-corrected chi connectivity index (χ3v) is 9.67. The van der Waals surface area contributed by atoms with Gasteiger partial charge in [0.05, 0.1) is 34.0 Å². The zero-order valence-electron chi connectivity index (χ0n) is 34.7. The van der Waals surface area contributed by atoms with E-state index >= 15 is 0 Å². The zero-order valence-corrected chi connectivity index (χ0v) is 35.6. The predicted molar refractivity (Wildman–Crippen MR) is 224 cm³/mol. The van der Waals surface area contributed by atoms with E-state index in [0.717, 1.165) is 70.6 Å². The van der Waals surface area contributed by atoms with Crippen LogP contribution in [0.25, 0.3) is 0 Å². The van der Waals surface area contributed by atoms with Gasteiger partial charge in [-0.3, -0.25) is 13.8 Å². The standard InChI is InChI=1S/C44H80NO7P/c1-6-8-10-12-14-16-18-20-22-23-24-25-27-29-31-33-35-37-44(46)50-41-43(42-52-53(47,48)51-40-38-45(3,4)5)49-39-36-34-32-30-28-26-21-19-17-15-13-11-9-7-2/h8,10,14,16,20,22,24-25,36,39,43H,6-7,9,11-13,15,17-19,21,23,26-35,37-38,40-42H2,1-5H3/p+1/b10-8-,16-14-,22-20-,25-24-,39-36-. The fraction of sp³-hybridized carbons (Fsp3) is 0.750. The van der Waals surface area contributed by atoms with Crippen molar-refractivity contribution in [3.63, 3.8) is 0 Å². The first-order valence-corrected chi connectivity index (χ1v) is 22.6. The van der Waals surface area contributed by atoms with E-state index in [1.165, 1.54) is 70.6 Å². The summed E-state index contributed by atoms with van der Waals surface area (Å²) in [6.07, 6.45) is 46.4. The fourth-order valence-corrected chi connectivity index (χ4v) is 6.09. The Morgan fingerprint density at radius 3 is 1.66 bits per heavy atom. The SMILES string of the molecule is CC/C=C\C/C=C\C/C=C\C/C=C\CCCCCCC(=O)OCC(COP(=O)(O)OCC[N+](C)(C)C)O/C=C\CCCCCCCCCCCCCC. The summed E-state index contributed by atoms with van der Waals surface area (Å²) in [4.78, 5) is 22.6. The van der Waals surface area contributed by atoms with Gasteiger partial charge in [-0.05, 0) is 63.9 Å². The fourth-order valence-electron chi connectivity index (χ4n) is 5.35. The number of esters is 1. The summed E-state index contributed by atoms with van der Waals surface area (Å²) in [5, 5.41) is 0. The lowest BCUT2D eigenvalue weighted by molar-refractivity contribution is -0.870. The van der Waals surface area contributed by atoms with Gasteiger partial charge in [0.15, 0.2) is 6.10 Å². The Hall–Kier alpha value is -1.96. The molecule has 308 valence electrons. The summed E-state index contributed by atoms with van der Waals surface area (Å²) in [5.74, 6) is -0.301. The number of carbonyl (C=O) groups is 1. The first kappa shape index (κ1) is 51.0. The second-order valence-corrected chi connectivity index (χ2v) is 16.5. The van der Waals surface area contributed by atoms with Gasteiger partial charge in [-0.15, -0.1) is 0 Å². The number of ether oxygens (including phenoxy) is 2. The van der Waals surface area contributed by atoms with Crippen molar-refractivity contribution in [2.45, 2.75) is 168 Å². The third-order valence-electron chi connectivity index (χ3n) is 8.68. The average molecular weight is 767 g/mol. The highest BCUT2D eigenvalue weighted by Gasteiger charge is 2.25. The van der Waals surface area contributed by atoms with Crippen LogP contribution in [0.15, 0.2) is 60.9 Å². The number of carbonyl (C=O) groups excluding carboxylic acids is 1. The predicted octanol–water partition coefficient (Wildman–Crippen LogP) is 12.5. The van der Waals surface area contributed by atoms with Crippen molar-refractivity contribution in [2.75, 3.05) is 47.5 Å². The summed E-state index contributed by atoms with van der Waals surface area (Å²) in [7, 11) is 1.65. The molecule has 1 N–H and O–H groups in total. The minimum Gasteiger partial charge on any atom is -0.492 e. The Bertz CT molecular complexity index is 1030. The number of nitrogens with zero attached hydrogens (tertiary/aromatic N) is 1. The highest BCUT2D eigenvalue weighted by Crippen LogP contribution is 2.43. The van der Waals surface area contributed by atoms with Gasteiger partial charge in [0.25, 0.3) is 0 Å². The molecule has 53 heavy (non-hydrogen) atoms. The molecule has 0 radical (unpaired) electrons. The van der Waals surface area contributed by atoms with Gasteiger partial charge in [-0.2, -0.15) is 0 Å². The largest absolute Gasteiger partial charge is 0.492 e. The van der Waals surface area contributed by atoms with Crippen molar-refractivity contribution in [2.24, 2.45) is 0 Å². The second-order valence-electron chi connectivity index (χ2n) is 15.1. The van der Waals surface area contributed by atoms with Crippen LogP contribution >= 0.6 is 7.82 Å². The number of allylic oxidation sites excluding steroid dienone is 9. The van der Waals surface area contributed by atoms with Gasteiger partial charge < -0.3 is 18.9 Å². The summed E-state index contributed by atoms with van der Waals surface area (Å²) in [5.41, 5.74) is 0. The van der Waals surface area contributed by atoms with Crippen LogP contribution in [0.2, 0.25) is 0 Å². The highest BCUT2D eigenvalue weighted by atomic mass is 31.2. The Kier molecular flexibility index (Phi) is 35.6. The lowest BCUT2D eigenvalue weighted by atomic mass is 10.0. The van der Waals surface area contributed by atoms with Gasteiger partial charge in [0.2, 0.25) is 0 Å². The molecule has 0 saturated carbocycles. The van der Waals surface area contributed by atoms with Gasteiger partial charge in [-0.1, -0.05) is 146 Å². The Balaban J connectivity index is 4.35. The lowest BCUT2D eigenvalue weighted by Gasteiger charge is -2.24. The Morgan fingerprint density at radius 2 is 1.11 bits per heavy atom. The van der Waals surface area contributed by atoms with Crippen LogP contribution in [0.4, 0.5) is 0 Å².